The zero-order valence-corrected chi connectivity index (χ0v) is 15.2. The number of hydrogen-bond donors (Lipinski definition) is 4. The van der Waals surface area contributed by atoms with Crippen LogP contribution in [0.5, 0.6) is 29.5 Å². The standard InChI is InChI=1S/C18H17N5O5/c1-6-19-17(21-18(20-6)28-3)23-15(26)11-7-4-5-8(12(11)16(23)27)10-9(7)13(24)22(2)14(10)25/h4-5,7-8,24-27H,1-3H3. The summed E-state index contributed by atoms with van der Waals surface area (Å²) in [6.07, 6.45) is 3.66. The SMILES string of the molecule is COc1nc(C)nc(-n2c(O)c3c(c2O)C2C=CC3c3c2c(O)n(C)c3O)n1. The van der Waals surface area contributed by atoms with Gasteiger partial charge < -0.3 is 25.2 Å². The van der Waals surface area contributed by atoms with E-state index < -0.39 is 11.8 Å². The first-order valence-electron chi connectivity index (χ1n) is 8.57. The van der Waals surface area contributed by atoms with Crippen molar-refractivity contribution in [2.45, 2.75) is 18.8 Å². The first-order chi connectivity index (χ1) is 13.3. The van der Waals surface area contributed by atoms with Gasteiger partial charge in [0.15, 0.2) is 11.8 Å². The first-order valence-corrected chi connectivity index (χ1v) is 8.57. The van der Waals surface area contributed by atoms with Gasteiger partial charge in [-0.3, -0.25) is 4.57 Å². The summed E-state index contributed by atoms with van der Waals surface area (Å²) in [7, 11) is 2.96. The molecule has 0 saturated heterocycles. The third-order valence-electron chi connectivity index (χ3n) is 5.44. The fraction of sp³-hybridized carbons (Fsp3) is 0.278. The predicted octanol–water partition coefficient (Wildman–Crippen LogP) is 1.29. The molecule has 6 rings (SSSR count). The molecule has 28 heavy (non-hydrogen) atoms. The Kier molecular flexibility index (Phi) is 3.05. The van der Waals surface area contributed by atoms with Gasteiger partial charge in [-0.1, -0.05) is 12.2 Å². The van der Waals surface area contributed by atoms with Crippen LogP contribution in [0.15, 0.2) is 12.2 Å². The maximum atomic E-state index is 11.0. The fourth-order valence-electron chi connectivity index (χ4n) is 4.23. The molecule has 3 aliphatic rings. The Morgan fingerprint density at radius 3 is 1.82 bits per heavy atom. The topological polar surface area (TPSA) is 139 Å². The van der Waals surface area contributed by atoms with Gasteiger partial charge in [0.05, 0.1) is 7.11 Å². The molecule has 2 atom stereocenters. The van der Waals surface area contributed by atoms with E-state index in [0.717, 1.165) is 4.57 Å². The molecular formula is C18H17N5O5. The largest absolute Gasteiger partial charge is 0.494 e. The van der Waals surface area contributed by atoms with Crippen LogP contribution < -0.4 is 4.74 Å². The van der Waals surface area contributed by atoms with Crippen LogP contribution in [-0.4, -0.2) is 51.6 Å². The molecule has 0 saturated carbocycles. The van der Waals surface area contributed by atoms with Crippen LogP contribution in [-0.2, 0) is 7.05 Å². The van der Waals surface area contributed by atoms with Gasteiger partial charge in [0, 0.05) is 41.1 Å². The third kappa shape index (κ3) is 1.79. The van der Waals surface area contributed by atoms with Crippen LogP contribution in [0, 0.1) is 6.92 Å². The highest BCUT2D eigenvalue weighted by molar-refractivity contribution is 5.71. The predicted molar refractivity (Wildman–Crippen MR) is 95.3 cm³/mol. The number of rotatable bonds is 2. The average molecular weight is 383 g/mol. The van der Waals surface area contributed by atoms with Crippen molar-refractivity contribution in [1.82, 2.24) is 24.1 Å². The van der Waals surface area contributed by atoms with Crippen LogP contribution in [0.3, 0.4) is 0 Å². The fourth-order valence-corrected chi connectivity index (χ4v) is 4.23. The average Bonchev–Trinajstić information content (AvgIpc) is 3.10. The monoisotopic (exact) mass is 383 g/mol. The summed E-state index contributed by atoms with van der Waals surface area (Å²) in [6, 6.07) is 0.0493. The molecule has 3 heterocycles. The van der Waals surface area contributed by atoms with E-state index in [1.807, 2.05) is 12.2 Å². The molecule has 3 aliphatic carbocycles. The minimum atomic E-state index is -0.529. The minimum Gasteiger partial charge on any atom is -0.494 e. The van der Waals surface area contributed by atoms with Crippen LogP contribution in [0.2, 0.25) is 0 Å². The Morgan fingerprint density at radius 2 is 1.32 bits per heavy atom. The molecule has 3 aromatic rings. The van der Waals surface area contributed by atoms with E-state index in [4.69, 9.17) is 4.74 Å². The molecule has 0 spiro atoms. The Balaban J connectivity index is 1.78. The van der Waals surface area contributed by atoms with Crippen LogP contribution in [0.1, 0.15) is 39.9 Å². The van der Waals surface area contributed by atoms with Gasteiger partial charge in [-0.2, -0.15) is 15.0 Å². The normalized spacial score (nSPS) is 19.0. The summed E-state index contributed by atoms with van der Waals surface area (Å²) in [4.78, 5) is 12.3. The van der Waals surface area contributed by atoms with E-state index in [-0.39, 0.29) is 35.5 Å². The van der Waals surface area contributed by atoms with Gasteiger partial charge in [-0.05, 0) is 6.92 Å². The lowest BCUT2D eigenvalue weighted by Gasteiger charge is -2.31. The van der Waals surface area contributed by atoms with Gasteiger partial charge in [0.25, 0.3) is 0 Å². The molecular weight excluding hydrogens is 366 g/mol. The molecule has 10 nitrogen and oxygen atoms in total. The molecule has 2 bridgehead atoms. The van der Waals surface area contributed by atoms with Crippen LogP contribution in [0.4, 0.5) is 0 Å². The number of hydrogen-bond acceptors (Lipinski definition) is 8. The first kappa shape index (κ1) is 16.5. The van der Waals surface area contributed by atoms with E-state index in [9.17, 15) is 20.4 Å². The molecule has 144 valence electrons. The number of aromatic nitrogens is 5. The lowest BCUT2D eigenvalue weighted by atomic mass is 9.70. The lowest BCUT2D eigenvalue weighted by Crippen LogP contribution is -2.17. The van der Waals surface area contributed by atoms with E-state index in [1.54, 1.807) is 14.0 Å². The number of aryl methyl sites for hydroxylation is 1. The summed E-state index contributed by atoms with van der Waals surface area (Å²) in [5.74, 6) is -1.35. The van der Waals surface area contributed by atoms with Crippen molar-refractivity contribution < 1.29 is 25.2 Å². The molecule has 0 radical (unpaired) electrons. The van der Waals surface area contributed by atoms with Gasteiger partial charge in [0.1, 0.15) is 5.82 Å². The second-order valence-corrected chi connectivity index (χ2v) is 6.85. The molecule has 0 amide bonds. The third-order valence-corrected chi connectivity index (χ3v) is 5.44. The molecule has 10 heteroatoms. The zero-order valence-electron chi connectivity index (χ0n) is 15.2. The van der Waals surface area contributed by atoms with Crippen LogP contribution >= 0.6 is 0 Å². The Hall–Kier alpha value is -3.69. The van der Waals surface area contributed by atoms with Gasteiger partial charge in [0.2, 0.25) is 17.7 Å². The van der Waals surface area contributed by atoms with Crippen molar-refractivity contribution in [3.05, 3.63) is 40.2 Å². The van der Waals surface area contributed by atoms with E-state index in [0.29, 0.717) is 28.1 Å². The summed E-state index contributed by atoms with van der Waals surface area (Å²) in [6.45, 7) is 1.64. The number of aromatic hydroxyl groups is 4. The number of allylic oxidation sites excluding steroid dienone is 2. The molecule has 3 aromatic heterocycles. The Bertz CT molecular complexity index is 1130. The summed E-state index contributed by atoms with van der Waals surface area (Å²) < 4.78 is 7.46. The number of methoxy groups -OCH3 is 1. The second kappa shape index (κ2) is 5.18. The summed E-state index contributed by atoms with van der Waals surface area (Å²) in [5, 5.41) is 42.8. The molecule has 0 fully saturated rings. The van der Waals surface area contributed by atoms with Crippen molar-refractivity contribution in [1.29, 1.82) is 0 Å². The van der Waals surface area contributed by atoms with Crippen molar-refractivity contribution in [3.63, 3.8) is 0 Å². The second-order valence-electron chi connectivity index (χ2n) is 6.85. The highest BCUT2D eigenvalue weighted by Gasteiger charge is 2.46. The van der Waals surface area contributed by atoms with E-state index in [2.05, 4.69) is 15.0 Å². The maximum absolute atomic E-state index is 11.0. The van der Waals surface area contributed by atoms with Crippen molar-refractivity contribution in [3.8, 4) is 35.5 Å². The summed E-state index contributed by atoms with van der Waals surface area (Å²) >= 11 is 0. The van der Waals surface area contributed by atoms with Crippen molar-refractivity contribution in [2.75, 3.05) is 7.11 Å². The van der Waals surface area contributed by atoms with Crippen LogP contribution in [0.25, 0.3) is 5.95 Å². The van der Waals surface area contributed by atoms with Crippen molar-refractivity contribution >= 4 is 0 Å². The zero-order chi connectivity index (χ0) is 19.9. The van der Waals surface area contributed by atoms with Gasteiger partial charge in [-0.25, -0.2) is 4.57 Å². The smallest absolute Gasteiger partial charge is 0.321 e. The molecule has 0 aromatic carbocycles. The number of ether oxygens (including phenoxy) is 1. The quantitative estimate of drug-likeness (QED) is 0.486. The number of nitrogens with zero attached hydrogens (tertiary/aromatic N) is 5. The highest BCUT2D eigenvalue weighted by Crippen LogP contribution is 2.60. The van der Waals surface area contributed by atoms with Gasteiger partial charge in [-0.15, -0.1) is 0 Å². The Morgan fingerprint density at radius 1 is 0.821 bits per heavy atom. The van der Waals surface area contributed by atoms with E-state index >= 15 is 0 Å². The molecule has 0 aliphatic heterocycles. The molecule has 4 N–H and O–H groups in total. The van der Waals surface area contributed by atoms with Gasteiger partial charge >= 0.3 is 6.01 Å². The van der Waals surface area contributed by atoms with Crippen molar-refractivity contribution in [2.24, 2.45) is 7.05 Å². The Labute approximate surface area is 158 Å². The highest BCUT2D eigenvalue weighted by atomic mass is 16.5. The lowest BCUT2D eigenvalue weighted by molar-refractivity contribution is 0.368. The van der Waals surface area contributed by atoms with E-state index in [1.165, 1.54) is 11.7 Å². The molecule has 2 unspecified atom stereocenters. The minimum absolute atomic E-state index is 0.00632. The summed E-state index contributed by atoms with van der Waals surface area (Å²) in [5.41, 5.74) is 1.90. The maximum Gasteiger partial charge on any atom is 0.321 e.